The van der Waals surface area contributed by atoms with Gasteiger partial charge in [0.2, 0.25) is 0 Å². The summed E-state index contributed by atoms with van der Waals surface area (Å²) in [5, 5.41) is 14.2. The molecule has 2 rings (SSSR count). The van der Waals surface area contributed by atoms with E-state index in [-0.39, 0.29) is 26.4 Å². The highest BCUT2D eigenvalue weighted by molar-refractivity contribution is 7.98. The lowest BCUT2D eigenvalue weighted by atomic mass is 10.2. The Morgan fingerprint density at radius 3 is 2.27 bits per heavy atom. The summed E-state index contributed by atoms with van der Waals surface area (Å²) in [6, 6.07) is 1.39. The molecule has 2 aromatic rings. The van der Waals surface area contributed by atoms with Crippen molar-refractivity contribution in [2.45, 2.75) is 11.2 Å². The molecular formula is C11H6Cl2F3N3O2S. The number of halogens is 5. The lowest BCUT2D eigenvalue weighted by Gasteiger charge is -2.13. The van der Waals surface area contributed by atoms with Gasteiger partial charge in [-0.15, -0.1) is 11.8 Å². The van der Waals surface area contributed by atoms with Crippen LogP contribution in [0.5, 0.6) is 0 Å². The highest BCUT2D eigenvalue weighted by Gasteiger charge is 2.33. The number of nitro groups is 1. The van der Waals surface area contributed by atoms with Crippen LogP contribution in [-0.2, 0) is 6.18 Å². The summed E-state index contributed by atoms with van der Waals surface area (Å²) < 4.78 is 39.2. The van der Waals surface area contributed by atoms with Crippen molar-refractivity contribution in [1.29, 1.82) is 0 Å². The van der Waals surface area contributed by atoms with Crippen molar-refractivity contribution in [3.63, 3.8) is 0 Å². The molecule has 118 valence electrons. The summed E-state index contributed by atoms with van der Waals surface area (Å²) in [4.78, 5) is 10.3. The Morgan fingerprint density at radius 1 is 1.32 bits per heavy atom. The van der Waals surface area contributed by atoms with Gasteiger partial charge in [-0.25, -0.2) is 4.68 Å². The summed E-state index contributed by atoms with van der Waals surface area (Å²) >= 11 is 12.7. The molecule has 0 bridgehead atoms. The Kier molecular flexibility index (Phi) is 4.59. The maximum absolute atomic E-state index is 12.7. The highest BCUT2D eigenvalue weighted by Crippen LogP contribution is 2.39. The van der Waals surface area contributed by atoms with E-state index in [9.17, 15) is 23.3 Å². The molecule has 1 aromatic heterocycles. The Labute approximate surface area is 136 Å². The average molecular weight is 372 g/mol. The highest BCUT2D eigenvalue weighted by atomic mass is 35.5. The molecule has 0 fully saturated rings. The van der Waals surface area contributed by atoms with Gasteiger partial charge in [-0.3, -0.25) is 10.1 Å². The minimum absolute atomic E-state index is 0.0474. The molecule has 22 heavy (non-hydrogen) atoms. The van der Waals surface area contributed by atoms with Crippen LogP contribution in [0.1, 0.15) is 5.56 Å². The first-order valence-corrected chi connectivity index (χ1v) is 7.48. The Balaban J connectivity index is 2.67. The third-order valence-electron chi connectivity index (χ3n) is 2.65. The SMILES string of the molecule is CSc1c([N+](=O)[O-])cnn1-c1c(Cl)cc(C(F)(F)F)cc1Cl. The molecule has 0 saturated heterocycles. The third-order valence-corrected chi connectivity index (χ3v) is 4.00. The summed E-state index contributed by atoms with van der Waals surface area (Å²) in [6.07, 6.45) is -2.06. The third kappa shape index (κ3) is 3.01. The topological polar surface area (TPSA) is 61.0 Å². The molecule has 1 heterocycles. The second-order valence-electron chi connectivity index (χ2n) is 3.99. The van der Waals surface area contributed by atoms with Crippen molar-refractivity contribution in [3.05, 3.63) is 44.1 Å². The summed E-state index contributed by atoms with van der Waals surface area (Å²) in [7, 11) is 0. The maximum Gasteiger partial charge on any atom is 0.416 e. The van der Waals surface area contributed by atoms with Crippen molar-refractivity contribution in [2.75, 3.05) is 6.26 Å². The van der Waals surface area contributed by atoms with E-state index in [0.717, 1.165) is 22.6 Å². The monoisotopic (exact) mass is 371 g/mol. The largest absolute Gasteiger partial charge is 0.416 e. The first-order chi connectivity index (χ1) is 10.2. The second-order valence-corrected chi connectivity index (χ2v) is 5.60. The number of alkyl halides is 3. The number of rotatable bonds is 3. The molecule has 0 N–H and O–H groups in total. The Hall–Kier alpha value is -1.45. The van der Waals surface area contributed by atoms with Crippen molar-refractivity contribution >= 4 is 40.7 Å². The van der Waals surface area contributed by atoms with Gasteiger partial charge in [-0.05, 0) is 18.4 Å². The lowest BCUT2D eigenvalue weighted by molar-refractivity contribution is -0.387. The van der Waals surface area contributed by atoms with Gasteiger partial charge in [-0.1, -0.05) is 23.2 Å². The molecule has 0 aliphatic heterocycles. The quantitative estimate of drug-likeness (QED) is 0.440. The normalized spacial score (nSPS) is 11.7. The van der Waals surface area contributed by atoms with Crippen LogP contribution in [0, 0.1) is 10.1 Å². The van der Waals surface area contributed by atoms with Crippen LogP contribution in [0.15, 0.2) is 23.4 Å². The second kappa shape index (κ2) is 5.98. The van der Waals surface area contributed by atoms with Gasteiger partial charge >= 0.3 is 11.9 Å². The molecule has 0 amide bonds. The standard InChI is InChI=1S/C11H6Cl2F3N3O2S/c1-22-10-8(19(20)21)4-17-18(10)9-6(12)2-5(3-7(9)13)11(14,15)16/h2-4H,1H3. The van der Waals surface area contributed by atoms with Crippen LogP contribution >= 0.6 is 35.0 Å². The molecule has 0 radical (unpaired) electrons. The summed E-state index contributed by atoms with van der Waals surface area (Å²) in [6.45, 7) is 0. The Bertz CT molecular complexity index is 726. The van der Waals surface area contributed by atoms with E-state index in [0.29, 0.717) is 12.1 Å². The zero-order valence-electron chi connectivity index (χ0n) is 10.7. The van der Waals surface area contributed by atoms with Gasteiger partial charge in [0.1, 0.15) is 11.9 Å². The van der Waals surface area contributed by atoms with E-state index < -0.39 is 16.7 Å². The van der Waals surface area contributed by atoms with Gasteiger partial charge in [-0.2, -0.15) is 18.3 Å². The molecule has 0 unspecified atom stereocenters. The Morgan fingerprint density at radius 2 is 1.86 bits per heavy atom. The predicted octanol–water partition coefficient (Wildman–Crippen LogP) is 4.83. The minimum atomic E-state index is -4.61. The van der Waals surface area contributed by atoms with E-state index in [1.54, 1.807) is 6.26 Å². The van der Waals surface area contributed by atoms with E-state index in [4.69, 9.17) is 23.2 Å². The number of aromatic nitrogens is 2. The van der Waals surface area contributed by atoms with Gasteiger partial charge in [0.05, 0.1) is 20.5 Å². The van der Waals surface area contributed by atoms with Crippen LogP contribution in [0.4, 0.5) is 18.9 Å². The van der Waals surface area contributed by atoms with Crippen LogP contribution < -0.4 is 0 Å². The van der Waals surface area contributed by atoms with Gasteiger partial charge < -0.3 is 0 Å². The number of thioether (sulfide) groups is 1. The number of benzene rings is 1. The van der Waals surface area contributed by atoms with Crippen molar-refractivity contribution in [2.24, 2.45) is 0 Å². The first-order valence-electron chi connectivity index (χ1n) is 5.49. The van der Waals surface area contributed by atoms with E-state index >= 15 is 0 Å². The van der Waals surface area contributed by atoms with Crippen LogP contribution in [0.25, 0.3) is 5.69 Å². The van der Waals surface area contributed by atoms with Crippen molar-refractivity contribution in [3.8, 4) is 5.69 Å². The van der Waals surface area contributed by atoms with Gasteiger partial charge in [0.25, 0.3) is 0 Å². The number of hydrogen-bond acceptors (Lipinski definition) is 4. The zero-order chi connectivity index (χ0) is 16.7. The summed E-state index contributed by atoms with van der Waals surface area (Å²) in [5.74, 6) is 0. The zero-order valence-corrected chi connectivity index (χ0v) is 13.0. The molecule has 0 spiro atoms. The molecule has 5 nitrogen and oxygen atoms in total. The molecule has 0 aliphatic rings. The van der Waals surface area contributed by atoms with Crippen molar-refractivity contribution < 1.29 is 18.1 Å². The molecule has 0 atom stereocenters. The molecule has 1 aromatic carbocycles. The lowest BCUT2D eigenvalue weighted by Crippen LogP contribution is -2.07. The molecule has 11 heteroatoms. The van der Waals surface area contributed by atoms with Gasteiger partial charge in [0.15, 0.2) is 5.03 Å². The number of hydrogen-bond donors (Lipinski definition) is 0. The smallest absolute Gasteiger partial charge is 0.258 e. The van der Waals surface area contributed by atoms with Crippen molar-refractivity contribution in [1.82, 2.24) is 9.78 Å². The molecule has 0 saturated carbocycles. The molecular weight excluding hydrogens is 366 g/mol. The number of nitrogens with zero attached hydrogens (tertiary/aromatic N) is 3. The maximum atomic E-state index is 12.7. The van der Waals surface area contributed by atoms with Crippen LogP contribution in [-0.4, -0.2) is 21.0 Å². The average Bonchev–Trinajstić information content (AvgIpc) is 2.80. The van der Waals surface area contributed by atoms with E-state index in [1.807, 2.05) is 0 Å². The summed E-state index contributed by atoms with van der Waals surface area (Å²) in [5.41, 5.74) is -1.35. The van der Waals surface area contributed by atoms with E-state index in [1.165, 1.54) is 0 Å². The fraction of sp³-hybridized carbons (Fsp3) is 0.182. The fourth-order valence-electron chi connectivity index (χ4n) is 1.74. The minimum Gasteiger partial charge on any atom is -0.258 e. The van der Waals surface area contributed by atoms with Gasteiger partial charge in [0, 0.05) is 0 Å². The predicted molar refractivity (Wildman–Crippen MR) is 77.0 cm³/mol. The fourth-order valence-corrected chi connectivity index (χ4v) is 3.03. The van der Waals surface area contributed by atoms with E-state index in [2.05, 4.69) is 5.10 Å². The van der Waals surface area contributed by atoms with Crippen LogP contribution in [0.2, 0.25) is 10.0 Å². The molecule has 0 aliphatic carbocycles. The first kappa shape index (κ1) is 16.9. The van der Waals surface area contributed by atoms with Crippen LogP contribution in [0.3, 0.4) is 0 Å².